The highest BCUT2D eigenvalue weighted by Crippen LogP contribution is 2.28. The van der Waals surface area contributed by atoms with Gasteiger partial charge in [-0.3, -0.25) is 9.78 Å². The Morgan fingerprint density at radius 3 is 2.62 bits per heavy atom. The van der Waals surface area contributed by atoms with E-state index in [1.54, 1.807) is 24.3 Å². The molecule has 24 heavy (non-hydrogen) atoms. The molecule has 2 aromatic heterocycles. The van der Waals surface area contributed by atoms with E-state index in [-0.39, 0.29) is 11.3 Å². The molecule has 0 N–H and O–H groups in total. The Morgan fingerprint density at radius 1 is 1.21 bits per heavy atom. The average molecular weight is 326 g/mol. The Morgan fingerprint density at radius 2 is 1.96 bits per heavy atom. The van der Waals surface area contributed by atoms with Gasteiger partial charge in [-0.1, -0.05) is 20.8 Å². The van der Waals surface area contributed by atoms with E-state index in [1.807, 2.05) is 13.1 Å². The highest BCUT2D eigenvalue weighted by atomic mass is 16.5. The molecule has 3 rings (SSSR count). The zero-order valence-corrected chi connectivity index (χ0v) is 14.8. The molecule has 0 fully saturated rings. The maximum atomic E-state index is 12.9. The van der Waals surface area contributed by atoms with Gasteiger partial charge in [0.05, 0.1) is 31.1 Å². The van der Waals surface area contributed by atoms with E-state index >= 15 is 0 Å². The van der Waals surface area contributed by atoms with E-state index in [1.165, 1.54) is 0 Å². The Kier molecular flexibility index (Phi) is 3.99. The molecule has 0 aromatic carbocycles. The van der Waals surface area contributed by atoms with Crippen LogP contribution in [0.15, 0.2) is 18.5 Å². The highest BCUT2D eigenvalue weighted by molar-refractivity contribution is 5.97. The Bertz CT molecular complexity index is 796. The number of ether oxygens (including phenoxy) is 1. The number of pyridine rings is 1. The van der Waals surface area contributed by atoms with Crippen molar-refractivity contribution in [2.24, 2.45) is 0 Å². The van der Waals surface area contributed by atoms with Crippen LogP contribution in [-0.4, -0.2) is 32.9 Å². The minimum atomic E-state index is -0.113. The number of hydrogen-bond acceptors (Lipinski definition) is 5. The summed E-state index contributed by atoms with van der Waals surface area (Å²) in [6.07, 6.45) is 3.43. The van der Waals surface area contributed by atoms with Gasteiger partial charge in [0.2, 0.25) is 0 Å². The smallest absolute Gasteiger partial charge is 0.258 e. The molecule has 0 saturated carbocycles. The lowest BCUT2D eigenvalue weighted by atomic mass is 9.95. The fourth-order valence-electron chi connectivity index (χ4n) is 2.71. The topological polar surface area (TPSA) is 68.2 Å². The van der Waals surface area contributed by atoms with Gasteiger partial charge >= 0.3 is 0 Å². The third kappa shape index (κ3) is 2.96. The number of hydrogen-bond donors (Lipinski definition) is 0. The first kappa shape index (κ1) is 16.4. The van der Waals surface area contributed by atoms with E-state index < -0.39 is 0 Å². The van der Waals surface area contributed by atoms with E-state index in [0.717, 1.165) is 22.8 Å². The van der Waals surface area contributed by atoms with Crippen molar-refractivity contribution in [3.63, 3.8) is 0 Å². The molecular weight excluding hydrogens is 304 g/mol. The molecule has 0 radical (unpaired) electrons. The lowest BCUT2D eigenvalue weighted by molar-refractivity contribution is 0.0746. The van der Waals surface area contributed by atoms with Gasteiger partial charge in [0.15, 0.2) is 0 Å². The van der Waals surface area contributed by atoms with E-state index in [2.05, 4.69) is 35.7 Å². The predicted molar refractivity (Wildman–Crippen MR) is 89.8 cm³/mol. The lowest BCUT2D eigenvalue weighted by Crippen LogP contribution is -2.26. The van der Waals surface area contributed by atoms with Crippen molar-refractivity contribution in [1.29, 1.82) is 0 Å². The molecule has 0 aliphatic carbocycles. The first-order valence-electron chi connectivity index (χ1n) is 7.95. The molecule has 2 aromatic rings. The number of aromatic nitrogens is 3. The molecule has 126 valence electrons. The van der Waals surface area contributed by atoms with Crippen LogP contribution in [0.3, 0.4) is 0 Å². The van der Waals surface area contributed by atoms with Crippen LogP contribution in [0.2, 0.25) is 0 Å². The van der Waals surface area contributed by atoms with Crippen molar-refractivity contribution in [2.45, 2.75) is 46.2 Å². The van der Waals surface area contributed by atoms with Crippen LogP contribution in [0.25, 0.3) is 0 Å². The molecule has 6 nitrogen and oxygen atoms in total. The van der Waals surface area contributed by atoms with Gasteiger partial charge in [0.1, 0.15) is 11.6 Å². The van der Waals surface area contributed by atoms with Gasteiger partial charge in [-0.05, 0) is 13.0 Å². The molecule has 0 spiro atoms. The van der Waals surface area contributed by atoms with Crippen LogP contribution in [0.4, 0.5) is 0 Å². The second-order valence-corrected chi connectivity index (χ2v) is 7.10. The summed E-state index contributed by atoms with van der Waals surface area (Å²) in [6, 6.07) is 1.76. The molecule has 1 aliphatic heterocycles. The van der Waals surface area contributed by atoms with Crippen molar-refractivity contribution < 1.29 is 9.53 Å². The van der Waals surface area contributed by atoms with Gasteiger partial charge in [0.25, 0.3) is 5.91 Å². The summed E-state index contributed by atoms with van der Waals surface area (Å²) in [7, 11) is 1.54. The number of rotatable bonds is 2. The summed E-state index contributed by atoms with van der Waals surface area (Å²) < 4.78 is 5.28. The quantitative estimate of drug-likeness (QED) is 0.848. The van der Waals surface area contributed by atoms with Crippen molar-refractivity contribution in [3.05, 3.63) is 46.8 Å². The van der Waals surface area contributed by atoms with Crippen molar-refractivity contribution in [1.82, 2.24) is 19.9 Å². The molecule has 0 saturated heterocycles. The van der Waals surface area contributed by atoms with Gasteiger partial charge in [-0.15, -0.1) is 0 Å². The van der Waals surface area contributed by atoms with Crippen molar-refractivity contribution in [3.8, 4) is 5.75 Å². The monoisotopic (exact) mass is 326 g/mol. The van der Waals surface area contributed by atoms with Crippen molar-refractivity contribution in [2.75, 3.05) is 7.11 Å². The molecule has 3 heterocycles. The number of fused-ring (bicyclic) bond motifs is 1. The number of aryl methyl sites for hydroxylation is 1. The highest BCUT2D eigenvalue weighted by Gasteiger charge is 2.29. The maximum Gasteiger partial charge on any atom is 0.258 e. The third-order valence-corrected chi connectivity index (χ3v) is 4.07. The Balaban J connectivity index is 1.88. The first-order chi connectivity index (χ1) is 11.3. The fourth-order valence-corrected chi connectivity index (χ4v) is 2.71. The second kappa shape index (κ2) is 5.85. The van der Waals surface area contributed by atoms with Crippen LogP contribution in [0.5, 0.6) is 5.75 Å². The summed E-state index contributed by atoms with van der Waals surface area (Å²) >= 11 is 0. The fraction of sp³-hybridized carbons (Fsp3) is 0.444. The van der Waals surface area contributed by atoms with Crippen LogP contribution in [-0.2, 0) is 18.5 Å². The van der Waals surface area contributed by atoms with Gasteiger partial charge in [-0.2, -0.15) is 0 Å². The molecule has 6 heteroatoms. The van der Waals surface area contributed by atoms with Gasteiger partial charge < -0.3 is 9.64 Å². The van der Waals surface area contributed by atoms with Crippen molar-refractivity contribution >= 4 is 5.91 Å². The van der Waals surface area contributed by atoms with Crippen LogP contribution >= 0.6 is 0 Å². The summed E-state index contributed by atoms with van der Waals surface area (Å²) in [5.74, 6) is 1.21. The lowest BCUT2D eigenvalue weighted by Gasteiger charge is -2.17. The molecule has 0 bridgehead atoms. The summed E-state index contributed by atoms with van der Waals surface area (Å²) in [5.41, 5.74) is 3.12. The normalized spacial score (nSPS) is 13.8. The number of amides is 1. The van der Waals surface area contributed by atoms with Crippen LogP contribution < -0.4 is 4.74 Å². The zero-order valence-electron chi connectivity index (χ0n) is 14.8. The number of nitrogens with zero attached hydrogens (tertiary/aromatic N) is 4. The van der Waals surface area contributed by atoms with Crippen LogP contribution in [0, 0.1) is 6.92 Å². The Hall–Kier alpha value is -2.50. The number of methoxy groups -OCH3 is 1. The predicted octanol–water partition coefficient (Wildman–Crippen LogP) is 2.64. The summed E-state index contributed by atoms with van der Waals surface area (Å²) in [6.45, 7) is 9.11. The third-order valence-electron chi connectivity index (χ3n) is 4.07. The average Bonchev–Trinajstić information content (AvgIpc) is 2.96. The summed E-state index contributed by atoms with van der Waals surface area (Å²) in [5, 5.41) is 0. The molecule has 1 aliphatic rings. The SMILES string of the molecule is COc1cnc(C)cc1C(=O)N1Cc2cnc(C(C)(C)C)nc2C1. The standard InChI is InChI=1S/C18H22N4O2/c1-11-6-13(15(24-5)8-19-11)16(23)22-9-12-7-20-17(18(2,3)4)21-14(12)10-22/h6-8H,9-10H2,1-5H3. The minimum Gasteiger partial charge on any atom is -0.494 e. The number of carbonyl (C=O) groups excluding carboxylic acids is 1. The second-order valence-electron chi connectivity index (χ2n) is 7.10. The van der Waals surface area contributed by atoms with E-state index in [0.29, 0.717) is 24.4 Å². The maximum absolute atomic E-state index is 12.9. The zero-order chi connectivity index (χ0) is 17.5. The molecule has 0 atom stereocenters. The summed E-state index contributed by atoms with van der Waals surface area (Å²) in [4.78, 5) is 28.0. The molecular formula is C18H22N4O2. The molecule has 0 unspecified atom stereocenters. The number of carbonyl (C=O) groups is 1. The Labute approximate surface area is 141 Å². The molecule has 1 amide bonds. The minimum absolute atomic E-state index is 0.0762. The van der Waals surface area contributed by atoms with E-state index in [4.69, 9.17) is 4.74 Å². The largest absolute Gasteiger partial charge is 0.494 e. The van der Waals surface area contributed by atoms with Crippen LogP contribution in [0.1, 0.15) is 53.9 Å². The first-order valence-corrected chi connectivity index (χ1v) is 7.95. The van der Waals surface area contributed by atoms with Gasteiger partial charge in [-0.25, -0.2) is 9.97 Å². The van der Waals surface area contributed by atoms with E-state index in [9.17, 15) is 4.79 Å². The van der Waals surface area contributed by atoms with Gasteiger partial charge in [0, 0.05) is 29.4 Å².